The van der Waals surface area contributed by atoms with Crippen LogP contribution in [0.5, 0.6) is 0 Å². The van der Waals surface area contributed by atoms with Crippen molar-refractivity contribution in [1.82, 2.24) is 5.43 Å². The molecule has 0 fully saturated rings. The molecule has 0 aliphatic rings. The molecule has 1 unspecified atom stereocenters. The summed E-state index contributed by atoms with van der Waals surface area (Å²) in [6, 6.07) is 13.2. The van der Waals surface area contributed by atoms with E-state index in [-0.39, 0.29) is 6.04 Å². The highest BCUT2D eigenvalue weighted by Crippen LogP contribution is 2.29. The molecule has 2 aromatic carbocycles. The number of halogens is 1. The third kappa shape index (κ3) is 3.16. The Morgan fingerprint density at radius 1 is 1.05 bits per heavy atom. The third-order valence-corrected chi connectivity index (χ3v) is 4.38. The predicted molar refractivity (Wildman–Crippen MR) is 85.8 cm³/mol. The standard InChI is InChI=1S/C16H21BrN2/c1-3-11(4-2)16(19-18)14-6-5-13-10-15(17)8-7-12(13)9-14/h5-11,16,19H,3-4,18H2,1-2H3. The summed E-state index contributed by atoms with van der Waals surface area (Å²) in [5.41, 5.74) is 4.26. The number of hydrogen-bond donors (Lipinski definition) is 2. The SMILES string of the molecule is CCC(CC)C(NN)c1ccc2cc(Br)ccc2c1. The average molecular weight is 321 g/mol. The molecule has 0 radical (unpaired) electrons. The van der Waals surface area contributed by atoms with Gasteiger partial charge in [0, 0.05) is 10.5 Å². The fourth-order valence-corrected chi connectivity index (χ4v) is 3.07. The molecule has 0 heterocycles. The van der Waals surface area contributed by atoms with Crippen LogP contribution in [-0.2, 0) is 0 Å². The van der Waals surface area contributed by atoms with Crippen molar-refractivity contribution < 1.29 is 0 Å². The Labute approximate surface area is 123 Å². The van der Waals surface area contributed by atoms with Crippen LogP contribution in [0.3, 0.4) is 0 Å². The van der Waals surface area contributed by atoms with Gasteiger partial charge in [0.15, 0.2) is 0 Å². The van der Waals surface area contributed by atoms with E-state index in [0.29, 0.717) is 5.92 Å². The van der Waals surface area contributed by atoms with Crippen molar-refractivity contribution in [3.05, 3.63) is 46.4 Å². The summed E-state index contributed by atoms with van der Waals surface area (Å²) in [6.45, 7) is 4.44. The van der Waals surface area contributed by atoms with Gasteiger partial charge in [-0.15, -0.1) is 0 Å². The van der Waals surface area contributed by atoms with E-state index in [4.69, 9.17) is 5.84 Å². The molecular formula is C16H21BrN2. The van der Waals surface area contributed by atoms with Gasteiger partial charge < -0.3 is 0 Å². The molecule has 19 heavy (non-hydrogen) atoms. The largest absolute Gasteiger partial charge is 0.271 e. The maximum Gasteiger partial charge on any atom is 0.0488 e. The number of rotatable bonds is 5. The highest BCUT2D eigenvalue weighted by atomic mass is 79.9. The van der Waals surface area contributed by atoms with Crippen LogP contribution in [0.1, 0.15) is 38.3 Å². The zero-order chi connectivity index (χ0) is 13.8. The summed E-state index contributed by atoms with van der Waals surface area (Å²) in [5.74, 6) is 6.34. The van der Waals surface area contributed by atoms with Crippen molar-refractivity contribution in [1.29, 1.82) is 0 Å². The van der Waals surface area contributed by atoms with Gasteiger partial charge in [0.1, 0.15) is 0 Å². The minimum absolute atomic E-state index is 0.225. The van der Waals surface area contributed by atoms with Gasteiger partial charge >= 0.3 is 0 Å². The smallest absolute Gasteiger partial charge is 0.0488 e. The van der Waals surface area contributed by atoms with Crippen LogP contribution < -0.4 is 11.3 Å². The molecular weight excluding hydrogens is 300 g/mol. The van der Waals surface area contributed by atoms with Crippen LogP contribution in [0.4, 0.5) is 0 Å². The van der Waals surface area contributed by atoms with E-state index in [1.165, 1.54) is 16.3 Å². The second-order valence-corrected chi connectivity index (χ2v) is 5.89. The second-order valence-electron chi connectivity index (χ2n) is 4.97. The number of hydrazine groups is 1. The van der Waals surface area contributed by atoms with E-state index in [1.54, 1.807) is 0 Å². The summed E-state index contributed by atoms with van der Waals surface area (Å²) in [4.78, 5) is 0. The molecule has 0 aliphatic heterocycles. The molecule has 2 nitrogen and oxygen atoms in total. The summed E-state index contributed by atoms with van der Waals surface area (Å²) >= 11 is 3.51. The maximum atomic E-state index is 5.77. The third-order valence-electron chi connectivity index (χ3n) is 3.89. The fourth-order valence-electron chi connectivity index (χ4n) is 2.69. The van der Waals surface area contributed by atoms with Crippen LogP contribution >= 0.6 is 15.9 Å². The van der Waals surface area contributed by atoms with Gasteiger partial charge in [0.25, 0.3) is 0 Å². The summed E-state index contributed by atoms with van der Waals surface area (Å²) in [5, 5.41) is 2.50. The van der Waals surface area contributed by atoms with E-state index in [2.05, 4.69) is 71.6 Å². The summed E-state index contributed by atoms with van der Waals surface area (Å²) < 4.78 is 1.11. The number of nitrogens with one attached hydrogen (secondary N) is 1. The minimum atomic E-state index is 0.225. The van der Waals surface area contributed by atoms with Gasteiger partial charge in [-0.05, 0) is 40.5 Å². The lowest BCUT2D eigenvalue weighted by Gasteiger charge is -2.25. The molecule has 0 aromatic heterocycles. The monoisotopic (exact) mass is 320 g/mol. The van der Waals surface area contributed by atoms with Gasteiger partial charge in [-0.25, -0.2) is 0 Å². The second kappa shape index (κ2) is 6.51. The molecule has 3 N–H and O–H groups in total. The molecule has 3 heteroatoms. The minimum Gasteiger partial charge on any atom is -0.271 e. The fraction of sp³-hybridized carbons (Fsp3) is 0.375. The number of nitrogens with two attached hydrogens (primary N) is 1. The normalized spacial score (nSPS) is 13.1. The number of fused-ring (bicyclic) bond motifs is 1. The zero-order valence-corrected chi connectivity index (χ0v) is 13.1. The Balaban J connectivity index is 2.41. The first-order valence-electron chi connectivity index (χ1n) is 6.85. The van der Waals surface area contributed by atoms with Gasteiger partial charge in [0.2, 0.25) is 0 Å². The van der Waals surface area contributed by atoms with Crippen LogP contribution in [-0.4, -0.2) is 0 Å². The van der Waals surface area contributed by atoms with Crippen LogP contribution in [0.15, 0.2) is 40.9 Å². The lowest BCUT2D eigenvalue weighted by Crippen LogP contribution is -2.33. The van der Waals surface area contributed by atoms with Crippen LogP contribution in [0, 0.1) is 5.92 Å². The molecule has 0 bridgehead atoms. The Morgan fingerprint density at radius 3 is 2.32 bits per heavy atom. The molecule has 0 saturated heterocycles. The Morgan fingerprint density at radius 2 is 1.68 bits per heavy atom. The molecule has 1 atom stereocenters. The van der Waals surface area contributed by atoms with Crippen molar-refractivity contribution in [3.63, 3.8) is 0 Å². The van der Waals surface area contributed by atoms with Crippen molar-refractivity contribution >= 4 is 26.7 Å². The molecule has 2 rings (SSSR count). The van der Waals surface area contributed by atoms with Gasteiger partial charge in [-0.3, -0.25) is 11.3 Å². The average Bonchev–Trinajstić information content (AvgIpc) is 2.44. The summed E-state index contributed by atoms with van der Waals surface area (Å²) in [7, 11) is 0. The maximum absolute atomic E-state index is 5.77. The highest BCUT2D eigenvalue weighted by molar-refractivity contribution is 9.10. The van der Waals surface area contributed by atoms with Crippen molar-refractivity contribution in [2.24, 2.45) is 11.8 Å². The predicted octanol–water partition coefficient (Wildman–Crippen LogP) is 4.54. The first-order chi connectivity index (χ1) is 9.19. The quantitative estimate of drug-likeness (QED) is 0.626. The Kier molecular flexibility index (Phi) is 4.97. The van der Waals surface area contributed by atoms with Gasteiger partial charge in [-0.1, -0.05) is 60.8 Å². The molecule has 0 amide bonds. The zero-order valence-electron chi connectivity index (χ0n) is 11.5. The molecule has 102 valence electrons. The first kappa shape index (κ1) is 14.5. The van der Waals surface area contributed by atoms with Crippen molar-refractivity contribution in [3.8, 4) is 0 Å². The van der Waals surface area contributed by atoms with E-state index in [1.807, 2.05) is 0 Å². The first-order valence-corrected chi connectivity index (χ1v) is 7.64. The van der Waals surface area contributed by atoms with Crippen LogP contribution in [0.2, 0.25) is 0 Å². The molecule has 0 spiro atoms. The lowest BCUT2D eigenvalue weighted by molar-refractivity contribution is 0.346. The Hall–Kier alpha value is -0.900. The number of hydrogen-bond acceptors (Lipinski definition) is 2. The molecule has 0 aliphatic carbocycles. The number of benzene rings is 2. The lowest BCUT2D eigenvalue weighted by atomic mass is 9.88. The van der Waals surface area contributed by atoms with E-state index >= 15 is 0 Å². The van der Waals surface area contributed by atoms with E-state index in [9.17, 15) is 0 Å². The van der Waals surface area contributed by atoms with Crippen molar-refractivity contribution in [2.75, 3.05) is 0 Å². The summed E-state index contributed by atoms with van der Waals surface area (Å²) in [6.07, 6.45) is 2.26. The van der Waals surface area contributed by atoms with Gasteiger partial charge in [0.05, 0.1) is 0 Å². The van der Waals surface area contributed by atoms with E-state index in [0.717, 1.165) is 17.3 Å². The highest BCUT2D eigenvalue weighted by Gasteiger charge is 2.19. The molecule has 0 saturated carbocycles. The van der Waals surface area contributed by atoms with E-state index < -0.39 is 0 Å². The van der Waals surface area contributed by atoms with Gasteiger partial charge in [-0.2, -0.15) is 0 Å². The topological polar surface area (TPSA) is 38.0 Å². The van der Waals surface area contributed by atoms with Crippen molar-refractivity contribution in [2.45, 2.75) is 32.7 Å². The molecule has 2 aromatic rings. The Bertz CT molecular complexity index is 549. The van der Waals surface area contributed by atoms with Crippen LogP contribution in [0.25, 0.3) is 10.8 Å².